The van der Waals surface area contributed by atoms with Crippen LogP contribution in [0.5, 0.6) is 0 Å². The Hall–Kier alpha value is -1.08. The molecule has 0 aliphatic carbocycles. The Morgan fingerprint density at radius 2 is 2.19 bits per heavy atom. The monoisotopic (exact) mass is 243 g/mol. The zero-order valence-corrected chi connectivity index (χ0v) is 9.53. The molecule has 1 aromatic heterocycles. The van der Waals surface area contributed by atoms with Gasteiger partial charge in [0.1, 0.15) is 5.82 Å². The van der Waals surface area contributed by atoms with Crippen LogP contribution in [0.25, 0.3) is 0 Å². The van der Waals surface area contributed by atoms with Crippen LogP contribution in [0.2, 0.25) is 0 Å². The molecule has 2 aliphatic heterocycles. The fraction of sp³-hybridized carbons (Fsp3) is 0.667. The highest BCUT2D eigenvalue weighted by atomic mass is 32.2. The predicted octanol–water partition coefficient (Wildman–Crippen LogP) is -0.492. The summed E-state index contributed by atoms with van der Waals surface area (Å²) in [5.74, 6) is 0.851. The SMILES string of the molecule is Nc1nn(C2CS(=O)(=O)C2)c2c1CCOC2. The molecule has 1 fully saturated rings. The van der Waals surface area contributed by atoms with E-state index in [4.69, 9.17) is 10.5 Å². The molecule has 0 amide bonds. The molecule has 88 valence electrons. The van der Waals surface area contributed by atoms with Crippen molar-refractivity contribution in [1.29, 1.82) is 0 Å². The number of nitrogens with zero attached hydrogens (tertiary/aromatic N) is 2. The molecule has 16 heavy (non-hydrogen) atoms. The number of sulfone groups is 1. The molecule has 1 saturated heterocycles. The van der Waals surface area contributed by atoms with Crippen LogP contribution in [0.3, 0.4) is 0 Å². The van der Waals surface area contributed by atoms with Gasteiger partial charge in [-0.15, -0.1) is 0 Å². The number of rotatable bonds is 1. The van der Waals surface area contributed by atoms with Crippen LogP contribution in [0.15, 0.2) is 0 Å². The van der Waals surface area contributed by atoms with Crippen molar-refractivity contribution < 1.29 is 13.2 Å². The second-order valence-corrected chi connectivity index (χ2v) is 6.44. The van der Waals surface area contributed by atoms with Gasteiger partial charge in [-0.3, -0.25) is 4.68 Å². The number of fused-ring (bicyclic) bond motifs is 1. The minimum Gasteiger partial charge on any atom is -0.382 e. The molecular formula is C9H13N3O3S. The Kier molecular flexibility index (Phi) is 2.02. The van der Waals surface area contributed by atoms with Crippen LogP contribution in [0.4, 0.5) is 5.82 Å². The largest absolute Gasteiger partial charge is 0.382 e. The molecule has 0 aromatic carbocycles. The van der Waals surface area contributed by atoms with Gasteiger partial charge in [-0.1, -0.05) is 0 Å². The third-order valence-corrected chi connectivity index (χ3v) is 4.91. The molecule has 0 atom stereocenters. The summed E-state index contributed by atoms with van der Waals surface area (Å²) in [4.78, 5) is 0. The van der Waals surface area contributed by atoms with E-state index in [9.17, 15) is 8.42 Å². The molecule has 7 heteroatoms. The summed E-state index contributed by atoms with van der Waals surface area (Å²) in [6.45, 7) is 1.14. The van der Waals surface area contributed by atoms with Crippen LogP contribution in [0.1, 0.15) is 17.3 Å². The van der Waals surface area contributed by atoms with Crippen LogP contribution in [-0.2, 0) is 27.6 Å². The highest BCUT2D eigenvalue weighted by Gasteiger charge is 2.37. The Morgan fingerprint density at radius 1 is 1.44 bits per heavy atom. The van der Waals surface area contributed by atoms with Crippen molar-refractivity contribution in [2.24, 2.45) is 0 Å². The van der Waals surface area contributed by atoms with Crippen molar-refractivity contribution in [1.82, 2.24) is 9.78 Å². The van der Waals surface area contributed by atoms with Crippen LogP contribution < -0.4 is 5.73 Å². The van der Waals surface area contributed by atoms with Crippen LogP contribution >= 0.6 is 0 Å². The Labute approximate surface area is 93.3 Å². The molecule has 2 aliphatic rings. The zero-order valence-electron chi connectivity index (χ0n) is 8.72. The Morgan fingerprint density at radius 3 is 2.88 bits per heavy atom. The van der Waals surface area contributed by atoms with Crippen molar-refractivity contribution >= 4 is 15.7 Å². The number of anilines is 1. The number of nitrogens with two attached hydrogens (primary N) is 1. The van der Waals surface area contributed by atoms with Gasteiger partial charge in [-0.25, -0.2) is 8.42 Å². The topological polar surface area (TPSA) is 87.2 Å². The van der Waals surface area contributed by atoms with E-state index in [0.29, 0.717) is 19.0 Å². The normalized spacial score (nSPS) is 23.8. The maximum atomic E-state index is 11.1. The maximum Gasteiger partial charge on any atom is 0.154 e. The van der Waals surface area contributed by atoms with Crippen molar-refractivity contribution in [2.75, 3.05) is 23.8 Å². The zero-order chi connectivity index (χ0) is 11.3. The van der Waals surface area contributed by atoms with E-state index in [2.05, 4.69) is 5.10 Å². The number of nitrogen functional groups attached to an aromatic ring is 1. The summed E-state index contributed by atoms with van der Waals surface area (Å²) in [6, 6.07) is -0.0576. The third kappa shape index (κ3) is 1.42. The maximum absolute atomic E-state index is 11.1. The minimum absolute atomic E-state index is 0.0576. The molecular weight excluding hydrogens is 230 g/mol. The van der Waals surface area contributed by atoms with Gasteiger partial charge in [0.05, 0.1) is 36.5 Å². The van der Waals surface area contributed by atoms with Crippen molar-refractivity contribution in [3.05, 3.63) is 11.3 Å². The van der Waals surface area contributed by atoms with E-state index in [-0.39, 0.29) is 17.5 Å². The predicted molar refractivity (Wildman–Crippen MR) is 57.7 cm³/mol. The van der Waals surface area contributed by atoms with E-state index >= 15 is 0 Å². The summed E-state index contributed by atoms with van der Waals surface area (Å²) < 4.78 is 29.4. The average molecular weight is 243 g/mol. The quantitative estimate of drug-likeness (QED) is 0.719. The van der Waals surface area contributed by atoms with E-state index in [1.807, 2.05) is 0 Å². The highest BCUT2D eigenvalue weighted by Crippen LogP contribution is 2.30. The summed E-state index contributed by atoms with van der Waals surface area (Å²) in [6.07, 6.45) is 0.765. The lowest BCUT2D eigenvalue weighted by molar-refractivity contribution is 0.103. The lowest BCUT2D eigenvalue weighted by Gasteiger charge is -2.28. The molecule has 6 nitrogen and oxygen atoms in total. The average Bonchev–Trinajstić information content (AvgIpc) is 2.53. The summed E-state index contributed by atoms with van der Waals surface area (Å²) in [5, 5.41) is 4.23. The molecule has 0 unspecified atom stereocenters. The van der Waals surface area contributed by atoms with Gasteiger partial charge in [0.25, 0.3) is 0 Å². The van der Waals surface area contributed by atoms with Gasteiger partial charge in [0, 0.05) is 12.0 Å². The van der Waals surface area contributed by atoms with Gasteiger partial charge in [-0.05, 0) is 0 Å². The second kappa shape index (κ2) is 3.21. The Balaban J connectivity index is 1.96. The Bertz CT molecular complexity index is 522. The molecule has 3 heterocycles. The second-order valence-electron chi connectivity index (χ2n) is 4.29. The first-order chi connectivity index (χ1) is 7.57. The fourth-order valence-electron chi connectivity index (χ4n) is 2.27. The van der Waals surface area contributed by atoms with Gasteiger partial charge < -0.3 is 10.5 Å². The molecule has 0 spiro atoms. The van der Waals surface area contributed by atoms with Crippen molar-refractivity contribution in [3.8, 4) is 0 Å². The summed E-state index contributed by atoms with van der Waals surface area (Å²) >= 11 is 0. The first-order valence-corrected chi connectivity index (χ1v) is 7.03. The number of hydrogen-bond acceptors (Lipinski definition) is 5. The molecule has 2 N–H and O–H groups in total. The molecule has 0 saturated carbocycles. The fourth-order valence-corrected chi connectivity index (χ4v) is 3.63. The number of hydrogen-bond donors (Lipinski definition) is 1. The number of aromatic nitrogens is 2. The first-order valence-electron chi connectivity index (χ1n) is 5.21. The lowest BCUT2D eigenvalue weighted by Crippen LogP contribution is -2.39. The summed E-state index contributed by atoms with van der Waals surface area (Å²) in [7, 11) is -2.84. The van der Waals surface area contributed by atoms with Gasteiger partial charge in [0.2, 0.25) is 0 Å². The first kappa shape index (κ1) is 10.1. The number of ether oxygens (including phenoxy) is 1. The van der Waals surface area contributed by atoms with Gasteiger partial charge in [-0.2, -0.15) is 5.10 Å². The van der Waals surface area contributed by atoms with E-state index in [1.165, 1.54) is 0 Å². The van der Waals surface area contributed by atoms with Crippen LogP contribution in [-0.4, -0.2) is 36.3 Å². The third-order valence-electron chi connectivity index (χ3n) is 3.12. The highest BCUT2D eigenvalue weighted by molar-refractivity contribution is 7.92. The smallest absolute Gasteiger partial charge is 0.154 e. The van der Waals surface area contributed by atoms with E-state index in [1.54, 1.807) is 4.68 Å². The summed E-state index contributed by atoms with van der Waals surface area (Å²) in [5.41, 5.74) is 7.78. The van der Waals surface area contributed by atoms with Crippen molar-refractivity contribution in [2.45, 2.75) is 19.1 Å². The van der Waals surface area contributed by atoms with Gasteiger partial charge >= 0.3 is 0 Å². The standard InChI is InChI=1S/C9H13N3O3S/c10-9-7-1-2-15-3-8(7)12(11-9)6-4-16(13,14)5-6/h6H,1-5H2,(H2,10,11). The minimum atomic E-state index is -2.84. The molecule has 0 radical (unpaired) electrons. The molecule has 0 bridgehead atoms. The van der Waals surface area contributed by atoms with E-state index in [0.717, 1.165) is 17.7 Å². The lowest BCUT2D eigenvalue weighted by atomic mass is 10.1. The van der Waals surface area contributed by atoms with Gasteiger partial charge in [0.15, 0.2) is 9.84 Å². The van der Waals surface area contributed by atoms with Crippen molar-refractivity contribution in [3.63, 3.8) is 0 Å². The van der Waals surface area contributed by atoms with Crippen LogP contribution in [0, 0.1) is 0 Å². The van der Waals surface area contributed by atoms with E-state index < -0.39 is 9.84 Å². The molecule has 1 aromatic rings. The molecule has 3 rings (SSSR count).